The van der Waals surface area contributed by atoms with Gasteiger partial charge in [0.05, 0.1) is 5.60 Å². The van der Waals surface area contributed by atoms with Crippen LogP contribution < -0.4 is 0 Å². The van der Waals surface area contributed by atoms with E-state index in [1.807, 2.05) is 13.8 Å². The Kier molecular flexibility index (Phi) is 3.06. The highest BCUT2D eigenvalue weighted by Gasteiger charge is 2.44. The summed E-state index contributed by atoms with van der Waals surface area (Å²) in [7, 11) is 0. The van der Waals surface area contributed by atoms with Crippen LogP contribution in [0.3, 0.4) is 0 Å². The van der Waals surface area contributed by atoms with E-state index >= 15 is 0 Å². The molecular weight excluding hydrogens is 190 g/mol. The van der Waals surface area contributed by atoms with Crippen molar-refractivity contribution in [2.45, 2.75) is 38.7 Å². The van der Waals surface area contributed by atoms with Gasteiger partial charge < -0.3 is 9.84 Å². The summed E-state index contributed by atoms with van der Waals surface area (Å²) in [5.41, 5.74) is 0.0227. The number of hydrogen-bond donors (Lipinski definition) is 1. The minimum atomic E-state index is -0.507. The molecule has 0 aliphatic carbocycles. The van der Waals surface area contributed by atoms with Crippen molar-refractivity contribution in [3.8, 4) is 0 Å². The van der Waals surface area contributed by atoms with E-state index < -0.39 is 5.60 Å². The van der Waals surface area contributed by atoms with Gasteiger partial charge in [-0.3, -0.25) is 4.90 Å². The van der Waals surface area contributed by atoms with E-state index in [4.69, 9.17) is 4.74 Å². The second-order valence-corrected chi connectivity index (χ2v) is 5.61. The SMILES string of the molecule is CCC(C)(O)CN1CC2(CCOCC2)C1. The van der Waals surface area contributed by atoms with Crippen molar-refractivity contribution in [1.82, 2.24) is 4.90 Å². The van der Waals surface area contributed by atoms with Crippen LogP contribution in [-0.4, -0.2) is 48.5 Å². The number of rotatable bonds is 3. The predicted molar refractivity (Wildman–Crippen MR) is 59.8 cm³/mol. The molecule has 88 valence electrons. The van der Waals surface area contributed by atoms with Crippen molar-refractivity contribution in [2.75, 3.05) is 32.8 Å². The Hall–Kier alpha value is -0.120. The molecule has 2 aliphatic heterocycles. The molecule has 0 bridgehead atoms. The van der Waals surface area contributed by atoms with E-state index in [9.17, 15) is 5.11 Å². The monoisotopic (exact) mass is 213 g/mol. The number of β-amino-alcohol motifs (C(OH)–C–C–N with tert-alkyl or cyclic N) is 1. The largest absolute Gasteiger partial charge is 0.389 e. The average Bonchev–Trinajstić information content (AvgIpc) is 2.17. The predicted octanol–water partition coefficient (Wildman–Crippen LogP) is 1.26. The lowest BCUT2D eigenvalue weighted by Gasteiger charge is -2.53. The van der Waals surface area contributed by atoms with Crippen LogP contribution in [0.15, 0.2) is 0 Å². The Bertz CT molecular complexity index is 214. The van der Waals surface area contributed by atoms with E-state index in [1.54, 1.807) is 0 Å². The van der Waals surface area contributed by atoms with Crippen LogP contribution in [0.5, 0.6) is 0 Å². The summed E-state index contributed by atoms with van der Waals surface area (Å²) in [6, 6.07) is 0. The lowest BCUT2D eigenvalue weighted by Crippen LogP contribution is -2.61. The van der Waals surface area contributed by atoms with Crippen LogP contribution in [0.2, 0.25) is 0 Å². The topological polar surface area (TPSA) is 32.7 Å². The lowest BCUT2D eigenvalue weighted by atomic mass is 9.73. The van der Waals surface area contributed by atoms with Gasteiger partial charge >= 0.3 is 0 Å². The zero-order valence-corrected chi connectivity index (χ0v) is 9.96. The number of ether oxygens (including phenoxy) is 1. The fourth-order valence-electron chi connectivity index (χ4n) is 2.73. The van der Waals surface area contributed by atoms with Crippen LogP contribution in [0.25, 0.3) is 0 Å². The molecule has 2 saturated heterocycles. The van der Waals surface area contributed by atoms with Crippen LogP contribution in [0.4, 0.5) is 0 Å². The van der Waals surface area contributed by atoms with Crippen molar-refractivity contribution in [3.05, 3.63) is 0 Å². The van der Waals surface area contributed by atoms with Crippen molar-refractivity contribution in [2.24, 2.45) is 5.41 Å². The Morgan fingerprint density at radius 1 is 1.33 bits per heavy atom. The molecule has 15 heavy (non-hydrogen) atoms. The van der Waals surface area contributed by atoms with E-state index in [0.717, 1.165) is 39.3 Å². The maximum atomic E-state index is 9.98. The third-order valence-corrected chi connectivity index (χ3v) is 4.00. The van der Waals surface area contributed by atoms with Crippen molar-refractivity contribution in [1.29, 1.82) is 0 Å². The van der Waals surface area contributed by atoms with Gasteiger partial charge in [0.1, 0.15) is 0 Å². The minimum absolute atomic E-state index is 0.507. The zero-order chi connectivity index (χ0) is 10.9. The van der Waals surface area contributed by atoms with Crippen molar-refractivity contribution in [3.63, 3.8) is 0 Å². The second-order valence-electron chi connectivity index (χ2n) is 5.61. The van der Waals surface area contributed by atoms with E-state index in [2.05, 4.69) is 4.90 Å². The first-order chi connectivity index (χ1) is 7.05. The van der Waals surface area contributed by atoms with Crippen LogP contribution in [0.1, 0.15) is 33.1 Å². The van der Waals surface area contributed by atoms with E-state index in [1.165, 1.54) is 12.8 Å². The molecular formula is C12H23NO2. The van der Waals surface area contributed by atoms with Gasteiger partial charge in [-0.2, -0.15) is 0 Å². The summed E-state index contributed by atoms with van der Waals surface area (Å²) in [4.78, 5) is 2.38. The van der Waals surface area contributed by atoms with E-state index in [0.29, 0.717) is 5.41 Å². The highest BCUT2D eigenvalue weighted by Crippen LogP contribution is 2.40. The first kappa shape index (κ1) is 11.4. The van der Waals surface area contributed by atoms with Gasteiger partial charge in [0.25, 0.3) is 0 Å². The normalized spacial score (nSPS) is 29.8. The first-order valence-corrected chi connectivity index (χ1v) is 6.08. The summed E-state index contributed by atoms with van der Waals surface area (Å²) < 4.78 is 5.39. The Morgan fingerprint density at radius 2 is 1.93 bits per heavy atom. The third kappa shape index (κ3) is 2.52. The number of hydrogen-bond acceptors (Lipinski definition) is 3. The average molecular weight is 213 g/mol. The molecule has 0 saturated carbocycles. The standard InChI is InChI=1S/C12H23NO2/c1-3-11(2,14)8-13-9-12(10-13)4-6-15-7-5-12/h14H,3-10H2,1-2H3. The molecule has 2 rings (SSSR count). The molecule has 3 heteroatoms. The van der Waals surface area contributed by atoms with E-state index in [-0.39, 0.29) is 0 Å². The highest BCUT2D eigenvalue weighted by molar-refractivity contribution is 4.97. The zero-order valence-electron chi connectivity index (χ0n) is 9.96. The summed E-state index contributed by atoms with van der Waals surface area (Å²) in [5, 5.41) is 9.98. The number of aliphatic hydroxyl groups is 1. The maximum Gasteiger partial charge on any atom is 0.0743 e. The maximum absolute atomic E-state index is 9.98. The van der Waals surface area contributed by atoms with Gasteiger partial charge in [-0.05, 0) is 26.2 Å². The summed E-state index contributed by atoms with van der Waals surface area (Å²) >= 11 is 0. The number of nitrogens with zero attached hydrogens (tertiary/aromatic N) is 1. The molecule has 0 amide bonds. The molecule has 2 aliphatic rings. The van der Waals surface area contributed by atoms with Crippen molar-refractivity contribution >= 4 is 0 Å². The molecule has 0 aromatic rings. The molecule has 0 aromatic heterocycles. The molecule has 1 atom stereocenters. The second kappa shape index (κ2) is 4.04. The van der Waals surface area contributed by atoms with Gasteiger partial charge in [0.15, 0.2) is 0 Å². The fraction of sp³-hybridized carbons (Fsp3) is 1.00. The number of likely N-dealkylation sites (tertiary alicyclic amines) is 1. The van der Waals surface area contributed by atoms with Crippen molar-refractivity contribution < 1.29 is 9.84 Å². The molecule has 0 aromatic carbocycles. The van der Waals surface area contributed by atoms with Gasteiger partial charge in [-0.15, -0.1) is 0 Å². The van der Waals surface area contributed by atoms with Crippen LogP contribution in [0, 0.1) is 5.41 Å². The summed E-state index contributed by atoms with van der Waals surface area (Å²) in [6.45, 7) is 8.98. The van der Waals surface area contributed by atoms with Gasteiger partial charge in [-0.25, -0.2) is 0 Å². The highest BCUT2D eigenvalue weighted by atomic mass is 16.5. The molecule has 1 N–H and O–H groups in total. The molecule has 2 heterocycles. The molecule has 1 unspecified atom stereocenters. The minimum Gasteiger partial charge on any atom is -0.389 e. The quantitative estimate of drug-likeness (QED) is 0.766. The van der Waals surface area contributed by atoms with Crippen LogP contribution in [-0.2, 0) is 4.74 Å². The Balaban J connectivity index is 1.77. The lowest BCUT2D eigenvalue weighted by molar-refractivity contribution is -0.106. The summed E-state index contributed by atoms with van der Waals surface area (Å²) in [5.74, 6) is 0. The third-order valence-electron chi connectivity index (χ3n) is 4.00. The molecule has 0 radical (unpaired) electrons. The first-order valence-electron chi connectivity index (χ1n) is 6.08. The fourth-order valence-corrected chi connectivity index (χ4v) is 2.73. The van der Waals surface area contributed by atoms with Gasteiger partial charge in [0.2, 0.25) is 0 Å². The molecule has 1 spiro atoms. The Morgan fingerprint density at radius 3 is 2.47 bits per heavy atom. The summed E-state index contributed by atoms with van der Waals surface area (Å²) in [6.07, 6.45) is 3.25. The van der Waals surface area contributed by atoms with Crippen LogP contribution >= 0.6 is 0 Å². The molecule has 2 fully saturated rings. The van der Waals surface area contributed by atoms with Gasteiger partial charge in [-0.1, -0.05) is 6.92 Å². The van der Waals surface area contributed by atoms with Gasteiger partial charge in [0, 0.05) is 38.3 Å². The Labute approximate surface area is 92.4 Å². The smallest absolute Gasteiger partial charge is 0.0743 e. The molecule has 3 nitrogen and oxygen atoms in total.